The summed E-state index contributed by atoms with van der Waals surface area (Å²) in [5, 5.41) is 5.86. The molecule has 3 aromatic rings. The van der Waals surface area contributed by atoms with E-state index in [-0.39, 0.29) is 11.6 Å². The lowest BCUT2D eigenvalue weighted by atomic mass is 10.1. The van der Waals surface area contributed by atoms with Gasteiger partial charge in [0, 0.05) is 12.2 Å². The Hall–Kier alpha value is -3.74. The average molecular weight is 376 g/mol. The van der Waals surface area contributed by atoms with Crippen LogP contribution >= 0.6 is 0 Å². The minimum atomic E-state index is -0.421. The van der Waals surface area contributed by atoms with Gasteiger partial charge in [0.05, 0.1) is 25.1 Å². The van der Waals surface area contributed by atoms with Gasteiger partial charge in [0.25, 0.3) is 5.91 Å². The third kappa shape index (κ3) is 4.91. The van der Waals surface area contributed by atoms with Crippen LogP contribution < -0.4 is 10.6 Å². The molecule has 0 unspecified atom stereocenters. The van der Waals surface area contributed by atoms with Crippen LogP contribution in [0.25, 0.3) is 0 Å². The molecule has 142 valence electrons. The molecule has 1 aromatic heterocycles. The molecule has 0 bridgehead atoms. The van der Waals surface area contributed by atoms with Crippen molar-refractivity contribution in [1.29, 1.82) is 0 Å². The van der Waals surface area contributed by atoms with Crippen LogP contribution in [0.2, 0.25) is 0 Å². The van der Waals surface area contributed by atoms with Crippen LogP contribution in [0.5, 0.6) is 0 Å². The monoisotopic (exact) mass is 376 g/mol. The molecule has 0 aliphatic carbocycles. The third-order valence-electron chi connectivity index (χ3n) is 4.01. The minimum Gasteiger partial charge on any atom is -0.465 e. The van der Waals surface area contributed by atoms with E-state index in [1.165, 1.54) is 25.1 Å². The van der Waals surface area contributed by atoms with Gasteiger partial charge in [-0.1, -0.05) is 35.9 Å². The zero-order valence-electron chi connectivity index (χ0n) is 15.6. The van der Waals surface area contributed by atoms with E-state index in [0.29, 0.717) is 23.6 Å². The predicted molar refractivity (Wildman–Crippen MR) is 105 cm³/mol. The highest BCUT2D eigenvalue weighted by Gasteiger charge is 2.09. The summed E-state index contributed by atoms with van der Waals surface area (Å²) in [7, 11) is 1.33. The quantitative estimate of drug-likeness (QED) is 0.642. The number of amides is 1. The number of nitrogens with zero attached hydrogens (tertiary/aromatic N) is 2. The van der Waals surface area contributed by atoms with Crippen molar-refractivity contribution in [3.8, 4) is 0 Å². The lowest BCUT2D eigenvalue weighted by Crippen LogP contribution is -2.24. The van der Waals surface area contributed by atoms with E-state index >= 15 is 0 Å². The Balaban J connectivity index is 1.60. The molecule has 0 aliphatic rings. The summed E-state index contributed by atoms with van der Waals surface area (Å²) in [6.45, 7) is 2.43. The normalized spacial score (nSPS) is 10.2. The van der Waals surface area contributed by atoms with Gasteiger partial charge in [-0.2, -0.15) is 0 Å². The van der Waals surface area contributed by atoms with Crippen LogP contribution in [-0.2, 0) is 11.3 Å². The second-order valence-electron chi connectivity index (χ2n) is 6.15. The van der Waals surface area contributed by atoms with E-state index in [2.05, 4.69) is 20.6 Å². The van der Waals surface area contributed by atoms with Gasteiger partial charge in [-0.25, -0.2) is 14.8 Å². The maximum Gasteiger partial charge on any atom is 0.337 e. The summed E-state index contributed by atoms with van der Waals surface area (Å²) >= 11 is 0. The summed E-state index contributed by atoms with van der Waals surface area (Å²) in [5.41, 5.74) is 3.49. The van der Waals surface area contributed by atoms with E-state index < -0.39 is 5.97 Å². The minimum absolute atomic E-state index is 0.223. The second kappa shape index (κ2) is 8.77. The first kappa shape index (κ1) is 19.0. The Kier molecular flexibility index (Phi) is 5.96. The Morgan fingerprint density at radius 1 is 1.04 bits per heavy atom. The smallest absolute Gasteiger partial charge is 0.337 e. The maximum absolute atomic E-state index is 12.2. The Labute approximate surface area is 162 Å². The predicted octanol–water partition coefficient (Wildman–Crippen LogP) is 3.25. The average Bonchev–Trinajstić information content (AvgIpc) is 2.73. The number of rotatable bonds is 6. The number of aromatic nitrogens is 2. The number of anilines is 2. The summed E-state index contributed by atoms with van der Waals surface area (Å²) in [6, 6.07) is 14.8. The van der Waals surface area contributed by atoms with Gasteiger partial charge in [-0.3, -0.25) is 4.79 Å². The Morgan fingerprint density at radius 2 is 1.82 bits per heavy atom. The molecule has 1 heterocycles. The number of nitrogens with one attached hydrogen (secondary N) is 2. The number of esters is 1. The standard InChI is InChI=1S/C21H20N4O3/c1-14-6-8-15(9-7-14)11-24-20(26)18-12-23-19(13-22-18)25-17-5-3-4-16(10-17)21(27)28-2/h3-10,12-13H,11H2,1-2H3,(H,23,25)(H,24,26). The first-order chi connectivity index (χ1) is 13.5. The zero-order valence-corrected chi connectivity index (χ0v) is 15.6. The van der Waals surface area contributed by atoms with Crippen LogP contribution in [0, 0.1) is 6.92 Å². The summed E-state index contributed by atoms with van der Waals surface area (Å²) in [6.07, 6.45) is 2.86. The molecule has 1 amide bonds. The molecule has 7 heteroatoms. The molecule has 0 saturated carbocycles. The molecule has 0 saturated heterocycles. The number of methoxy groups -OCH3 is 1. The van der Waals surface area contributed by atoms with Gasteiger partial charge in [0.2, 0.25) is 0 Å². The van der Waals surface area contributed by atoms with Crippen molar-refractivity contribution in [3.05, 3.63) is 83.3 Å². The van der Waals surface area contributed by atoms with Crippen LogP contribution in [0.15, 0.2) is 60.9 Å². The number of carbonyl (C=O) groups is 2. The van der Waals surface area contributed by atoms with Gasteiger partial charge in [-0.15, -0.1) is 0 Å². The van der Waals surface area contributed by atoms with Gasteiger partial charge in [0.15, 0.2) is 0 Å². The summed E-state index contributed by atoms with van der Waals surface area (Å²) < 4.78 is 4.71. The molecule has 0 fully saturated rings. The van der Waals surface area contributed by atoms with E-state index in [1.54, 1.807) is 24.3 Å². The molecule has 28 heavy (non-hydrogen) atoms. The maximum atomic E-state index is 12.2. The van der Waals surface area contributed by atoms with Crippen molar-refractivity contribution in [2.45, 2.75) is 13.5 Å². The SMILES string of the molecule is COC(=O)c1cccc(Nc2cnc(C(=O)NCc3ccc(C)cc3)cn2)c1. The fourth-order valence-corrected chi connectivity index (χ4v) is 2.48. The molecule has 2 aromatic carbocycles. The van der Waals surface area contributed by atoms with Crippen LogP contribution in [-0.4, -0.2) is 29.0 Å². The van der Waals surface area contributed by atoms with E-state index in [0.717, 1.165) is 5.56 Å². The largest absolute Gasteiger partial charge is 0.465 e. The molecule has 3 rings (SSSR count). The first-order valence-corrected chi connectivity index (χ1v) is 8.66. The molecule has 0 atom stereocenters. The fourth-order valence-electron chi connectivity index (χ4n) is 2.48. The Morgan fingerprint density at radius 3 is 2.50 bits per heavy atom. The van der Waals surface area contributed by atoms with Crippen LogP contribution in [0.1, 0.15) is 32.0 Å². The number of carbonyl (C=O) groups excluding carboxylic acids is 2. The molecular formula is C21H20N4O3. The lowest BCUT2D eigenvalue weighted by molar-refractivity contribution is 0.0600. The van der Waals surface area contributed by atoms with Gasteiger partial charge in [-0.05, 0) is 30.7 Å². The summed E-state index contributed by atoms with van der Waals surface area (Å²) in [5.74, 6) is -0.264. The van der Waals surface area contributed by atoms with Gasteiger partial charge >= 0.3 is 5.97 Å². The molecule has 7 nitrogen and oxygen atoms in total. The van der Waals surface area contributed by atoms with Crippen molar-refractivity contribution in [1.82, 2.24) is 15.3 Å². The number of ether oxygens (including phenoxy) is 1. The highest BCUT2D eigenvalue weighted by molar-refractivity contribution is 5.92. The fraction of sp³-hybridized carbons (Fsp3) is 0.143. The zero-order chi connectivity index (χ0) is 19.9. The molecular weight excluding hydrogens is 356 g/mol. The highest BCUT2D eigenvalue weighted by atomic mass is 16.5. The van der Waals surface area contributed by atoms with Crippen molar-refractivity contribution < 1.29 is 14.3 Å². The van der Waals surface area contributed by atoms with Crippen LogP contribution in [0.4, 0.5) is 11.5 Å². The number of benzene rings is 2. The lowest BCUT2D eigenvalue weighted by Gasteiger charge is -2.08. The van der Waals surface area contributed by atoms with Crippen molar-refractivity contribution >= 4 is 23.4 Å². The molecule has 0 spiro atoms. The number of aryl methyl sites for hydroxylation is 1. The second-order valence-corrected chi connectivity index (χ2v) is 6.15. The number of hydrogen-bond acceptors (Lipinski definition) is 6. The molecule has 2 N–H and O–H groups in total. The first-order valence-electron chi connectivity index (χ1n) is 8.66. The topological polar surface area (TPSA) is 93.2 Å². The highest BCUT2D eigenvalue weighted by Crippen LogP contribution is 2.16. The van der Waals surface area contributed by atoms with Crippen LogP contribution in [0.3, 0.4) is 0 Å². The van der Waals surface area contributed by atoms with Gasteiger partial charge < -0.3 is 15.4 Å². The van der Waals surface area contributed by atoms with Crippen molar-refractivity contribution in [2.24, 2.45) is 0 Å². The third-order valence-corrected chi connectivity index (χ3v) is 4.01. The van der Waals surface area contributed by atoms with Gasteiger partial charge in [0.1, 0.15) is 11.5 Å². The van der Waals surface area contributed by atoms with Crippen molar-refractivity contribution in [3.63, 3.8) is 0 Å². The molecule has 0 radical (unpaired) electrons. The van der Waals surface area contributed by atoms with E-state index in [1.807, 2.05) is 31.2 Å². The Bertz CT molecular complexity index is 970. The molecule has 0 aliphatic heterocycles. The van der Waals surface area contributed by atoms with E-state index in [4.69, 9.17) is 4.74 Å². The van der Waals surface area contributed by atoms with Crippen molar-refractivity contribution in [2.75, 3.05) is 12.4 Å². The van der Waals surface area contributed by atoms with E-state index in [9.17, 15) is 9.59 Å². The summed E-state index contributed by atoms with van der Waals surface area (Å²) in [4.78, 5) is 32.2. The number of hydrogen-bond donors (Lipinski definition) is 2.